The number of imidazole rings is 1. The number of hydrogen-bond donors (Lipinski definition) is 0. The minimum Gasteiger partial charge on any atom is -0.342 e. The van der Waals surface area contributed by atoms with E-state index in [1.165, 1.54) is 5.69 Å². The van der Waals surface area contributed by atoms with E-state index in [0.29, 0.717) is 17.7 Å². The molecule has 1 unspecified atom stereocenters. The third kappa shape index (κ3) is 2.16. The second-order valence-electron chi connectivity index (χ2n) is 5.77. The summed E-state index contributed by atoms with van der Waals surface area (Å²) in [5.74, 6) is 2.44. The highest BCUT2D eigenvalue weighted by molar-refractivity contribution is 5.81. The van der Waals surface area contributed by atoms with E-state index < -0.39 is 0 Å². The van der Waals surface area contributed by atoms with Crippen LogP contribution in [-0.2, 0) is 11.3 Å². The summed E-state index contributed by atoms with van der Waals surface area (Å²) in [6, 6.07) is 0. The van der Waals surface area contributed by atoms with Gasteiger partial charge in [-0.15, -0.1) is 0 Å². The van der Waals surface area contributed by atoms with Crippen molar-refractivity contribution < 1.29 is 4.79 Å². The second kappa shape index (κ2) is 4.41. The number of rotatable bonds is 3. The molecule has 0 bridgehead atoms. The first-order valence-corrected chi connectivity index (χ1v) is 6.92. The second-order valence-corrected chi connectivity index (χ2v) is 5.77. The van der Waals surface area contributed by atoms with E-state index in [0.717, 1.165) is 44.7 Å². The largest absolute Gasteiger partial charge is 0.342 e. The van der Waals surface area contributed by atoms with Crippen molar-refractivity contribution >= 4 is 5.91 Å². The van der Waals surface area contributed by atoms with Gasteiger partial charge in [0.2, 0.25) is 5.91 Å². The van der Waals surface area contributed by atoms with Crippen LogP contribution in [0.4, 0.5) is 0 Å². The number of amides is 1. The van der Waals surface area contributed by atoms with E-state index in [1.807, 2.05) is 6.20 Å². The number of carbonyl (C=O) groups is 1. The summed E-state index contributed by atoms with van der Waals surface area (Å²) in [4.78, 5) is 18.4. The van der Waals surface area contributed by atoms with Crippen LogP contribution in [-0.4, -0.2) is 33.4 Å². The van der Waals surface area contributed by atoms with Crippen LogP contribution in [0.1, 0.15) is 30.8 Å². The summed E-state index contributed by atoms with van der Waals surface area (Å²) in [6.07, 6.45) is 5.28. The van der Waals surface area contributed by atoms with Gasteiger partial charge in [-0.2, -0.15) is 0 Å². The quantitative estimate of drug-likeness (QED) is 0.816. The van der Waals surface area contributed by atoms with Crippen LogP contribution in [0.25, 0.3) is 0 Å². The molecule has 18 heavy (non-hydrogen) atoms. The molecule has 2 heterocycles. The van der Waals surface area contributed by atoms with Gasteiger partial charge in [0, 0.05) is 37.4 Å². The fourth-order valence-electron chi connectivity index (χ4n) is 2.89. The molecule has 4 nitrogen and oxygen atoms in total. The summed E-state index contributed by atoms with van der Waals surface area (Å²) in [6.45, 7) is 7.04. The van der Waals surface area contributed by atoms with Crippen LogP contribution < -0.4 is 0 Å². The molecule has 1 atom stereocenters. The van der Waals surface area contributed by atoms with Crippen LogP contribution in [0, 0.1) is 25.7 Å². The molecule has 2 fully saturated rings. The summed E-state index contributed by atoms with van der Waals surface area (Å²) in [5.41, 5.74) is 1.22. The van der Waals surface area contributed by atoms with Crippen molar-refractivity contribution in [2.75, 3.05) is 13.1 Å². The van der Waals surface area contributed by atoms with Crippen LogP contribution in [0.3, 0.4) is 0 Å². The lowest BCUT2D eigenvalue weighted by Crippen LogP contribution is -2.30. The molecule has 0 aromatic carbocycles. The Morgan fingerprint density at radius 2 is 2.17 bits per heavy atom. The molecular formula is C14H21N3O. The number of aryl methyl sites for hydroxylation is 2. The lowest BCUT2D eigenvalue weighted by Gasteiger charge is -2.17. The van der Waals surface area contributed by atoms with E-state index in [2.05, 4.69) is 28.3 Å². The van der Waals surface area contributed by atoms with E-state index in [9.17, 15) is 4.79 Å². The van der Waals surface area contributed by atoms with Gasteiger partial charge in [-0.25, -0.2) is 4.98 Å². The van der Waals surface area contributed by atoms with Crippen molar-refractivity contribution in [1.82, 2.24) is 14.5 Å². The minimum atomic E-state index is 0.362. The molecule has 3 rings (SSSR count). The SMILES string of the molecule is Cc1cnc(C)n1CC1CCN(C(=O)C2CC2)C1. The van der Waals surface area contributed by atoms with Crippen LogP contribution in [0.5, 0.6) is 0 Å². The van der Waals surface area contributed by atoms with Gasteiger partial charge in [0.15, 0.2) is 0 Å². The maximum atomic E-state index is 12.0. The predicted molar refractivity (Wildman–Crippen MR) is 69.1 cm³/mol. The molecule has 1 amide bonds. The molecule has 98 valence electrons. The standard InChI is InChI=1S/C14H21N3O/c1-10-7-15-11(2)17(10)9-12-5-6-16(8-12)14(18)13-3-4-13/h7,12-13H,3-6,8-9H2,1-2H3. The van der Waals surface area contributed by atoms with E-state index in [-0.39, 0.29) is 0 Å². The smallest absolute Gasteiger partial charge is 0.225 e. The first kappa shape index (κ1) is 11.8. The zero-order chi connectivity index (χ0) is 12.7. The summed E-state index contributed by atoms with van der Waals surface area (Å²) in [7, 11) is 0. The van der Waals surface area contributed by atoms with E-state index in [1.54, 1.807) is 0 Å². The van der Waals surface area contributed by atoms with Crippen molar-refractivity contribution in [3.8, 4) is 0 Å². The lowest BCUT2D eigenvalue weighted by molar-refractivity contribution is -0.131. The maximum absolute atomic E-state index is 12.0. The van der Waals surface area contributed by atoms with Gasteiger partial charge in [-0.3, -0.25) is 4.79 Å². The number of carbonyl (C=O) groups excluding carboxylic acids is 1. The zero-order valence-electron chi connectivity index (χ0n) is 11.2. The van der Waals surface area contributed by atoms with Gasteiger partial charge in [0.05, 0.1) is 0 Å². The number of likely N-dealkylation sites (tertiary alicyclic amines) is 1. The Bertz CT molecular complexity index is 442. The predicted octanol–water partition coefficient (Wildman–Crippen LogP) is 1.76. The van der Waals surface area contributed by atoms with E-state index >= 15 is 0 Å². The van der Waals surface area contributed by atoms with Gasteiger partial charge >= 0.3 is 0 Å². The van der Waals surface area contributed by atoms with E-state index in [4.69, 9.17) is 0 Å². The molecule has 1 aliphatic heterocycles. The average molecular weight is 247 g/mol. The highest BCUT2D eigenvalue weighted by atomic mass is 16.2. The zero-order valence-corrected chi connectivity index (χ0v) is 11.2. The lowest BCUT2D eigenvalue weighted by atomic mass is 10.1. The highest BCUT2D eigenvalue weighted by Crippen LogP contribution is 2.33. The maximum Gasteiger partial charge on any atom is 0.225 e. The first-order chi connectivity index (χ1) is 8.65. The highest BCUT2D eigenvalue weighted by Gasteiger charge is 2.36. The number of aromatic nitrogens is 2. The normalized spacial score (nSPS) is 23.7. The fourth-order valence-corrected chi connectivity index (χ4v) is 2.89. The number of nitrogens with zero attached hydrogens (tertiary/aromatic N) is 3. The molecule has 1 aliphatic carbocycles. The summed E-state index contributed by atoms with van der Waals surface area (Å²) in [5, 5.41) is 0. The van der Waals surface area contributed by atoms with Crippen LogP contribution in [0.2, 0.25) is 0 Å². The van der Waals surface area contributed by atoms with Crippen molar-refractivity contribution in [3.05, 3.63) is 17.7 Å². The molecule has 1 saturated carbocycles. The van der Waals surface area contributed by atoms with Crippen molar-refractivity contribution in [1.29, 1.82) is 0 Å². The molecule has 1 aromatic heterocycles. The average Bonchev–Trinajstić information content (AvgIpc) is 3.03. The molecule has 0 N–H and O–H groups in total. The Hall–Kier alpha value is -1.32. The third-order valence-corrected chi connectivity index (χ3v) is 4.22. The van der Waals surface area contributed by atoms with Gasteiger partial charge in [0.1, 0.15) is 5.82 Å². The summed E-state index contributed by atoms with van der Waals surface area (Å²) >= 11 is 0. The van der Waals surface area contributed by atoms with Crippen molar-refractivity contribution in [2.45, 2.75) is 39.7 Å². The molecular weight excluding hydrogens is 226 g/mol. The Morgan fingerprint density at radius 3 is 2.78 bits per heavy atom. The molecule has 1 aromatic rings. The Morgan fingerprint density at radius 1 is 1.39 bits per heavy atom. The molecule has 0 spiro atoms. The van der Waals surface area contributed by atoms with Gasteiger partial charge in [0.25, 0.3) is 0 Å². The van der Waals surface area contributed by atoms with Crippen LogP contribution in [0.15, 0.2) is 6.20 Å². The summed E-state index contributed by atoms with van der Waals surface area (Å²) < 4.78 is 2.27. The van der Waals surface area contributed by atoms with Gasteiger partial charge in [-0.1, -0.05) is 0 Å². The van der Waals surface area contributed by atoms with Gasteiger partial charge < -0.3 is 9.47 Å². The minimum absolute atomic E-state index is 0.362. The monoisotopic (exact) mass is 247 g/mol. The molecule has 0 radical (unpaired) electrons. The molecule has 1 saturated heterocycles. The fraction of sp³-hybridized carbons (Fsp3) is 0.714. The Balaban J connectivity index is 1.60. The molecule has 2 aliphatic rings. The topological polar surface area (TPSA) is 38.1 Å². The van der Waals surface area contributed by atoms with Crippen LogP contribution >= 0.6 is 0 Å². The van der Waals surface area contributed by atoms with Crippen molar-refractivity contribution in [3.63, 3.8) is 0 Å². The Kier molecular flexibility index (Phi) is 2.88. The number of hydrogen-bond acceptors (Lipinski definition) is 2. The first-order valence-electron chi connectivity index (χ1n) is 6.92. The molecule has 4 heteroatoms. The van der Waals surface area contributed by atoms with Gasteiger partial charge in [-0.05, 0) is 39.0 Å². The van der Waals surface area contributed by atoms with Crippen molar-refractivity contribution in [2.24, 2.45) is 11.8 Å². The Labute approximate surface area is 108 Å². The third-order valence-electron chi connectivity index (χ3n) is 4.22.